The molecule has 0 aliphatic carbocycles. The molecule has 0 radical (unpaired) electrons. The Labute approximate surface area is 81.8 Å². The van der Waals surface area contributed by atoms with Gasteiger partial charge in [0.15, 0.2) is 6.10 Å². The fraction of sp³-hybridized carbons (Fsp3) is 0.300. The lowest BCUT2D eigenvalue weighted by Gasteiger charge is -2.07. The van der Waals surface area contributed by atoms with Crippen LogP contribution in [0.4, 0.5) is 0 Å². The monoisotopic (exact) mass is 192 g/mol. The third kappa shape index (κ3) is 1.44. The molecule has 0 fully saturated rings. The first kappa shape index (κ1) is 9.02. The molecule has 0 amide bonds. The van der Waals surface area contributed by atoms with Crippen molar-refractivity contribution in [3.05, 3.63) is 41.9 Å². The first-order valence-electron chi connectivity index (χ1n) is 4.40. The number of imidazole rings is 1. The zero-order valence-corrected chi connectivity index (χ0v) is 8.14. The van der Waals surface area contributed by atoms with Crippen LogP contribution in [0.15, 0.2) is 28.9 Å². The Morgan fingerprint density at radius 2 is 2.29 bits per heavy atom. The van der Waals surface area contributed by atoms with Gasteiger partial charge in [0.25, 0.3) is 0 Å². The molecular formula is C10H12N2O2. The molecule has 4 nitrogen and oxygen atoms in total. The van der Waals surface area contributed by atoms with Crippen LogP contribution in [0.2, 0.25) is 0 Å². The zero-order chi connectivity index (χ0) is 10.1. The highest BCUT2D eigenvalue weighted by Gasteiger charge is 2.17. The van der Waals surface area contributed by atoms with Crippen LogP contribution in [0.5, 0.6) is 0 Å². The maximum Gasteiger partial charge on any atom is 0.169 e. The summed E-state index contributed by atoms with van der Waals surface area (Å²) in [6.45, 7) is 1.84. The highest BCUT2D eigenvalue weighted by molar-refractivity contribution is 5.15. The van der Waals surface area contributed by atoms with Crippen molar-refractivity contribution in [2.75, 3.05) is 0 Å². The Balaban J connectivity index is 2.33. The van der Waals surface area contributed by atoms with Gasteiger partial charge in [0.1, 0.15) is 17.3 Å². The fourth-order valence-corrected chi connectivity index (χ4v) is 1.37. The molecule has 0 saturated carbocycles. The van der Waals surface area contributed by atoms with Gasteiger partial charge >= 0.3 is 0 Å². The molecule has 0 aromatic carbocycles. The summed E-state index contributed by atoms with van der Waals surface area (Å²) < 4.78 is 7.09. The number of aromatic nitrogens is 2. The molecule has 0 aliphatic rings. The molecule has 1 atom stereocenters. The fourth-order valence-electron chi connectivity index (χ4n) is 1.37. The van der Waals surface area contributed by atoms with E-state index in [0.717, 1.165) is 5.76 Å². The average Bonchev–Trinajstić information content (AvgIpc) is 2.73. The summed E-state index contributed by atoms with van der Waals surface area (Å²) >= 11 is 0. The molecular weight excluding hydrogens is 180 g/mol. The van der Waals surface area contributed by atoms with Crippen LogP contribution in [0.25, 0.3) is 0 Å². The number of hydrogen-bond acceptors (Lipinski definition) is 3. The summed E-state index contributed by atoms with van der Waals surface area (Å²) in [5.74, 6) is 1.89. The van der Waals surface area contributed by atoms with Crippen LogP contribution < -0.4 is 0 Å². The molecule has 2 rings (SSSR count). The van der Waals surface area contributed by atoms with E-state index in [2.05, 4.69) is 4.98 Å². The summed E-state index contributed by atoms with van der Waals surface area (Å²) in [5.41, 5.74) is 0. The Morgan fingerprint density at radius 1 is 1.50 bits per heavy atom. The van der Waals surface area contributed by atoms with Crippen molar-refractivity contribution in [2.24, 2.45) is 7.05 Å². The molecule has 2 aromatic rings. The molecule has 0 spiro atoms. The van der Waals surface area contributed by atoms with E-state index < -0.39 is 6.10 Å². The lowest BCUT2D eigenvalue weighted by atomic mass is 10.2. The second-order valence-electron chi connectivity index (χ2n) is 3.25. The smallest absolute Gasteiger partial charge is 0.169 e. The van der Waals surface area contributed by atoms with E-state index in [0.29, 0.717) is 11.6 Å². The molecule has 14 heavy (non-hydrogen) atoms. The molecule has 74 valence electrons. The Hall–Kier alpha value is -1.55. The Kier molecular flexibility index (Phi) is 2.13. The predicted octanol–water partition coefficient (Wildman–Crippen LogP) is 1.40. The lowest BCUT2D eigenvalue weighted by Crippen LogP contribution is -2.05. The van der Waals surface area contributed by atoms with Crippen molar-refractivity contribution >= 4 is 0 Å². The van der Waals surface area contributed by atoms with E-state index in [4.69, 9.17) is 4.42 Å². The van der Waals surface area contributed by atoms with Gasteiger partial charge in [-0.1, -0.05) is 0 Å². The second-order valence-corrected chi connectivity index (χ2v) is 3.25. The maximum atomic E-state index is 9.90. The highest BCUT2D eigenvalue weighted by Crippen LogP contribution is 2.21. The van der Waals surface area contributed by atoms with Crippen LogP contribution in [-0.2, 0) is 7.05 Å². The van der Waals surface area contributed by atoms with E-state index >= 15 is 0 Å². The van der Waals surface area contributed by atoms with Crippen molar-refractivity contribution in [1.29, 1.82) is 0 Å². The van der Waals surface area contributed by atoms with Crippen molar-refractivity contribution < 1.29 is 9.52 Å². The first-order valence-corrected chi connectivity index (χ1v) is 4.40. The molecule has 2 aromatic heterocycles. The summed E-state index contributed by atoms with van der Waals surface area (Å²) in [6.07, 6.45) is 2.64. The van der Waals surface area contributed by atoms with Crippen LogP contribution in [0.3, 0.4) is 0 Å². The quantitative estimate of drug-likeness (QED) is 0.782. The average molecular weight is 192 g/mol. The topological polar surface area (TPSA) is 51.2 Å². The van der Waals surface area contributed by atoms with Crippen molar-refractivity contribution in [1.82, 2.24) is 9.55 Å². The van der Waals surface area contributed by atoms with Crippen LogP contribution in [-0.4, -0.2) is 14.7 Å². The number of hydrogen-bond donors (Lipinski definition) is 1. The number of aryl methyl sites for hydroxylation is 2. The zero-order valence-electron chi connectivity index (χ0n) is 8.14. The van der Waals surface area contributed by atoms with Gasteiger partial charge in [-0.3, -0.25) is 0 Å². The third-order valence-corrected chi connectivity index (χ3v) is 2.13. The predicted molar refractivity (Wildman–Crippen MR) is 50.7 cm³/mol. The second kappa shape index (κ2) is 3.31. The van der Waals surface area contributed by atoms with Gasteiger partial charge in [-0.2, -0.15) is 0 Å². The Morgan fingerprint density at radius 3 is 2.79 bits per heavy atom. The highest BCUT2D eigenvalue weighted by atomic mass is 16.4. The Bertz CT molecular complexity index is 431. The van der Waals surface area contributed by atoms with Crippen molar-refractivity contribution in [3.63, 3.8) is 0 Å². The van der Waals surface area contributed by atoms with Gasteiger partial charge in [0.05, 0.1) is 0 Å². The minimum atomic E-state index is -0.788. The van der Waals surface area contributed by atoms with Crippen molar-refractivity contribution in [2.45, 2.75) is 13.0 Å². The molecule has 0 unspecified atom stereocenters. The number of aliphatic hydroxyl groups excluding tert-OH is 1. The largest absolute Gasteiger partial charge is 0.463 e. The standard InChI is InChI=1S/C10H12N2O2/c1-7-3-4-8(14-7)9(13)10-11-5-6-12(10)2/h3-6,9,13H,1-2H3/t9-/m1/s1. The van der Waals surface area contributed by atoms with Crippen molar-refractivity contribution in [3.8, 4) is 0 Å². The number of nitrogens with zero attached hydrogens (tertiary/aromatic N) is 2. The van der Waals surface area contributed by atoms with E-state index in [1.54, 1.807) is 23.0 Å². The summed E-state index contributed by atoms with van der Waals surface area (Å²) in [6, 6.07) is 3.58. The molecule has 2 heterocycles. The maximum absolute atomic E-state index is 9.90. The van der Waals surface area contributed by atoms with Gasteiger partial charge in [-0.25, -0.2) is 4.98 Å². The van der Waals surface area contributed by atoms with Crippen LogP contribution in [0.1, 0.15) is 23.4 Å². The molecule has 4 heteroatoms. The number of furan rings is 1. The van der Waals surface area contributed by atoms with E-state index in [9.17, 15) is 5.11 Å². The molecule has 0 bridgehead atoms. The number of rotatable bonds is 2. The summed E-state index contributed by atoms with van der Waals surface area (Å²) in [4.78, 5) is 4.05. The van der Waals surface area contributed by atoms with E-state index in [1.807, 2.05) is 20.0 Å². The first-order chi connectivity index (χ1) is 6.68. The van der Waals surface area contributed by atoms with Gasteiger partial charge in [-0.15, -0.1) is 0 Å². The number of aliphatic hydroxyl groups is 1. The minimum Gasteiger partial charge on any atom is -0.463 e. The third-order valence-electron chi connectivity index (χ3n) is 2.13. The summed E-state index contributed by atoms with van der Waals surface area (Å²) in [5, 5.41) is 9.90. The van der Waals surface area contributed by atoms with Crippen LogP contribution >= 0.6 is 0 Å². The van der Waals surface area contributed by atoms with E-state index in [1.165, 1.54) is 0 Å². The normalized spacial score (nSPS) is 13.1. The van der Waals surface area contributed by atoms with Gasteiger partial charge in [0.2, 0.25) is 0 Å². The van der Waals surface area contributed by atoms with Gasteiger partial charge < -0.3 is 14.1 Å². The molecule has 0 saturated heterocycles. The minimum absolute atomic E-state index is 0.525. The van der Waals surface area contributed by atoms with E-state index in [-0.39, 0.29) is 0 Å². The van der Waals surface area contributed by atoms with Crippen LogP contribution in [0, 0.1) is 6.92 Å². The molecule has 0 aliphatic heterocycles. The lowest BCUT2D eigenvalue weighted by molar-refractivity contribution is 0.175. The SMILES string of the molecule is Cc1ccc([C@@H](O)c2nccn2C)o1. The molecule has 1 N–H and O–H groups in total. The summed E-state index contributed by atoms with van der Waals surface area (Å²) in [7, 11) is 1.83. The van der Waals surface area contributed by atoms with Gasteiger partial charge in [0, 0.05) is 19.4 Å². The van der Waals surface area contributed by atoms with Gasteiger partial charge in [-0.05, 0) is 19.1 Å².